The van der Waals surface area contributed by atoms with E-state index in [1.165, 1.54) is 11.1 Å². The Bertz CT molecular complexity index is 923. The van der Waals surface area contributed by atoms with Crippen molar-refractivity contribution in [1.82, 2.24) is 4.90 Å². The van der Waals surface area contributed by atoms with Gasteiger partial charge in [-0.1, -0.05) is 91.0 Å². The van der Waals surface area contributed by atoms with Crippen LogP contribution < -0.4 is 5.73 Å². The highest BCUT2D eigenvalue weighted by Gasteiger charge is 2.39. The first-order chi connectivity index (χ1) is 15.2. The molecule has 4 rings (SSSR count). The van der Waals surface area contributed by atoms with Crippen molar-refractivity contribution in [2.75, 3.05) is 13.7 Å². The predicted molar refractivity (Wildman–Crippen MR) is 124 cm³/mol. The number of methoxy groups -OCH3 is 1. The zero-order chi connectivity index (χ0) is 21.6. The van der Waals surface area contributed by atoms with E-state index in [1.807, 2.05) is 47.4 Å². The highest BCUT2D eigenvalue weighted by molar-refractivity contribution is 5.83. The summed E-state index contributed by atoms with van der Waals surface area (Å²) in [5.41, 5.74) is 9.63. The maximum Gasteiger partial charge on any atom is 0.256 e. The molecule has 1 aliphatic rings. The number of ether oxygens (including phenoxy) is 1. The minimum Gasteiger partial charge on any atom is -0.367 e. The minimum absolute atomic E-state index is 0.0125. The Morgan fingerprint density at radius 1 is 0.839 bits per heavy atom. The Kier molecular flexibility index (Phi) is 6.80. The number of nitrogens with zero attached hydrogens (tertiary/aromatic N) is 1. The summed E-state index contributed by atoms with van der Waals surface area (Å²) < 4.78 is 5.69. The smallest absolute Gasteiger partial charge is 0.256 e. The van der Waals surface area contributed by atoms with Crippen LogP contribution in [0.3, 0.4) is 0 Å². The molecule has 1 heterocycles. The minimum atomic E-state index is -0.638. The third-order valence-electron chi connectivity index (χ3n) is 6.21. The van der Waals surface area contributed by atoms with Gasteiger partial charge < -0.3 is 15.4 Å². The van der Waals surface area contributed by atoms with Gasteiger partial charge in [0.1, 0.15) is 0 Å². The lowest BCUT2D eigenvalue weighted by Gasteiger charge is -2.44. The number of piperidine rings is 1. The van der Waals surface area contributed by atoms with Crippen molar-refractivity contribution in [3.63, 3.8) is 0 Å². The molecule has 0 saturated carbocycles. The van der Waals surface area contributed by atoms with Crippen LogP contribution in [-0.2, 0) is 9.53 Å². The SMILES string of the molecule is CO[C@@H](C(=O)N1C[C@@H](N)CC[C@H]1C(c1ccccc1)c1ccccc1)c1ccccc1. The number of nitrogens with two attached hydrogens (primary N) is 1. The van der Waals surface area contributed by atoms with E-state index >= 15 is 0 Å². The maximum atomic E-state index is 13.8. The largest absolute Gasteiger partial charge is 0.367 e. The lowest BCUT2D eigenvalue weighted by atomic mass is 9.79. The second kappa shape index (κ2) is 9.90. The summed E-state index contributed by atoms with van der Waals surface area (Å²) in [4.78, 5) is 15.8. The zero-order valence-corrected chi connectivity index (χ0v) is 17.9. The lowest BCUT2D eigenvalue weighted by Crippen LogP contribution is -2.54. The van der Waals surface area contributed by atoms with Gasteiger partial charge in [0.15, 0.2) is 6.10 Å². The van der Waals surface area contributed by atoms with Crippen molar-refractivity contribution in [3.05, 3.63) is 108 Å². The van der Waals surface area contributed by atoms with E-state index in [2.05, 4.69) is 48.5 Å². The maximum absolute atomic E-state index is 13.8. The van der Waals surface area contributed by atoms with Gasteiger partial charge in [-0.3, -0.25) is 4.79 Å². The van der Waals surface area contributed by atoms with Gasteiger partial charge in [-0.15, -0.1) is 0 Å². The fourth-order valence-electron chi connectivity index (χ4n) is 4.74. The van der Waals surface area contributed by atoms with Crippen LogP contribution in [0.4, 0.5) is 0 Å². The molecule has 1 aliphatic heterocycles. The summed E-state index contributed by atoms with van der Waals surface area (Å²) in [6.07, 6.45) is 1.11. The molecule has 0 aliphatic carbocycles. The first kappa shape index (κ1) is 21.3. The Balaban J connectivity index is 1.73. The molecule has 1 saturated heterocycles. The number of hydrogen-bond acceptors (Lipinski definition) is 3. The van der Waals surface area contributed by atoms with Crippen LogP contribution in [0.5, 0.6) is 0 Å². The van der Waals surface area contributed by atoms with Gasteiger partial charge in [0, 0.05) is 31.7 Å². The van der Waals surface area contributed by atoms with E-state index in [-0.39, 0.29) is 23.9 Å². The number of amides is 1. The molecule has 2 N–H and O–H groups in total. The molecule has 3 aromatic rings. The van der Waals surface area contributed by atoms with Crippen LogP contribution in [0.15, 0.2) is 91.0 Å². The van der Waals surface area contributed by atoms with Crippen molar-refractivity contribution >= 4 is 5.91 Å². The number of carbonyl (C=O) groups excluding carboxylic acids is 1. The third kappa shape index (κ3) is 4.71. The van der Waals surface area contributed by atoms with Crippen molar-refractivity contribution in [2.45, 2.75) is 36.9 Å². The van der Waals surface area contributed by atoms with Crippen molar-refractivity contribution in [2.24, 2.45) is 5.73 Å². The van der Waals surface area contributed by atoms with Gasteiger partial charge in [0.25, 0.3) is 5.91 Å². The number of likely N-dealkylation sites (tertiary alicyclic amines) is 1. The Morgan fingerprint density at radius 2 is 1.32 bits per heavy atom. The van der Waals surface area contributed by atoms with Crippen molar-refractivity contribution in [3.8, 4) is 0 Å². The normalized spacial score (nSPS) is 19.9. The van der Waals surface area contributed by atoms with Crippen LogP contribution in [-0.4, -0.2) is 36.5 Å². The van der Waals surface area contributed by atoms with E-state index in [1.54, 1.807) is 7.11 Å². The third-order valence-corrected chi connectivity index (χ3v) is 6.21. The fraction of sp³-hybridized carbons (Fsp3) is 0.296. The number of benzene rings is 3. The summed E-state index contributed by atoms with van der Waals surface area (Å²) in [6.45, 7) is 0.534. The van der Waals surface area contributed by atoms with E-state index in [4.69, 9.17) is 10.5 Å². The molecule has 4 nitrogen and oxygen atoms in total. The molecular formula is C27H30N2O2. The Labute approximate surface area is 184 Å². The summed E-state index contributed by atoms with van der Waals surface area (Å²) in [5, 5.41) is 0. The molecule has 1 amide bonds. The van der Waals surface area contributed by atoms with Gasteiger partial charge in [0.05, 0.1) is 0 Å². The number of carbonyl (C=O) groups is 1. The van der Waals surface area contributed by atoms with Crippen molar-refractivity contribution in [1.29, 1.82) is 0 Å². The second-order valence-electron chi connectivity index (χ2n) is 8.22. The average Bonchev–Trinajstić information content (AvgIpc) is 2.83. The molecule has 3 aromatic carbocycles. The number of rotatable bonds is 6. The van der Waals surface area contributed by atoms with Crippen LogP contribution in [0.1, 0.15) is 41.6 Å². The predicted octanol–water partition coefficient (Wildman–Crippen LogP) is 4.52. The van der Waals surface area contributed by atoms with Crippen LogP contribution in [0, 0.1) is 0 Å². The molecule has 1 fully saturated rings. The summed E-state index contributed by atoms with van der Waals surface area (Å²) in [6, 6.07) is 30.6. The first-order valence-electron chi connectivity index (χ1n) is 10.9. The van der Waals surface area contributed by atoms with Gasteiger partial charge in [0.2, 0.25) is 0 Å². The monoisotopic (exact) mass is 414 g/mol. The van der Waals surface area contributed by atoms with Crippen molar-refractivity contribution < 1.29 is 9.53 Å². The molecule has 3 atom stereocenters. The highest BCUT2D eigenvalue weighted by Crippen LogP contribution is 2.37. The van der Waals surface area contributed by atoms with Crippen LogP contribution in [0.2, 0.25) is 0 Å². The zero-order valence-electron chi connectivity index (χ0n) is 17.9. The van der Waals surface area contributed by atoms with Gasteiger partial charge in [-0.05, 0) is 29.5 Å². The summed E-state index contributed by atoms with van der Waals surface area (Å²) in [5.74, 6) is 0.0536. The van der Waals surface area contributed by atoms with Gasteiger partial charge in [-0.25, -0.2) is 0 Å². The quantitative estimate of drug-likeness (QED) is 0.645. The fourth-order valence-corrected chi connectivity index (χ4v) is 4.74. The van der Waals surface area contributed by atoms with Gasteiger partial charge in [-0.2, -0.15) is 0 Å². The van der Waals surface area contributed by atoms with E-state index in [9.17, 15) is 4.79 Å². The lowest BCUT2D eigenvalue weighted by molar-refractivity contribution is -0.147. The molecule has 0 radical (unpaired) electrons. The van der Waals surface area contributed by atoms with Crippen LogP contribution >= 0.6 is 0 Å². The molecule has 31 heavy (non-hydrogen) atoms. The van der Waals surface area contributed by atoms with Gasteiger partial charge >= 0.3 is 0 Å². The average molecular weight is 415 g/mol. The molecule has 4 heteroatoms. The highest BCUT2D eigenvalue weighted by atomic mass is 16.5. The van der Waals surface area contributed by atoms with Crippen LogP contribution in [0.25, 0.3) is 0 Å². The molecule has 0 aromatic heterocycles. The molecule has 0 bridgehead atoms. The molecule has 160 valence electrons. The summed E-state index contributed by atoms with van der Waals surface area (Å²) in [7, 11) is 1.60. The Hall–Kier alpha value is -2.95. The van der Waals surface area contributed by atoms with E-state index in [0.29, 0.717) is 6.54 Å². The summed E-state index contributed by atoms with van der Waals surface area (Å²) >= 11 is 0. The first-order valence-corrected chi connectivity index (χ1v) is 10.9. The molecular weight excluding hydrogens is 384 g/mol. The van der Waals surface area contributed by atoms with E-state index < -0.39 is 6.10 Å². The standard InChI is InChI=1S/C27H30N2O2/c1-31-26(22-15-9-4-10-16-22)27(30)29-19-23(28)17-18-24(29)25(20-11-5-2-6-12-20)21-13-7-3-8-14-21/h2-16,23-26H,17-19,28H2,1H3/t23-,24-,26+/m0/s1. The van der Waals surface area contributed by atoms with E-state index in [0.717, 1.165) is 18.4 Å². The molecule has 0 spiro atoms. The Morgan fingerprint density at radius 3 is 1.81 bits per heavy atom. The molecule has 0 unspecified atom stereocenters. The topological polar surface area (TPSA) is 55.6 Å². The second-order valence-corrected chi connectivity index (χ2v) is 8.22. The number of hydrogen-bond donors (Lipinski definition) is 1.